The summed E-state index contributed by atoms with van der Waals surface area (Å²) >= 11 is 0. The van der Waals surface area contributed by atoms with Crippen molar-refractivity contribution >= 4 is 12.0 Å². The van der Waals surface area contributed by atoms with E-state index in [9.17, 15) is 4.79 Å². The van der Waals surface area contributed by atoms with Gasteiger partial charge in [0.25, 0.3) is 0 Å². The first-order valence-electron chi connectivity index (χ1n) is 4.21. The highest BCUT2D eigenvalue weighted by atomic mass is 16.5. The van der Waals surface area contributed by atoms with Gasteiger partial charge < -0.3 is 9.15 Å². The molecule has 0 aromatic carbocycles. The van der Waals surface area contributed by atoms with Crippen molar-refractivity contribution in [3.8, 4) is 6.07 Å². The molecule has 15 heavy (non-hydrogen) atoms. The summed E-state index contributed by atoms with van der Waals surface area (Å²) < 4.78 is 9.67. The summed E-state index contributed by atoms with van der Waals surface area (Å²) in [4.78, 5) is 11.3. The van der Waals surface area contributed by atoms with Gasteiger partial charge in [-0.2, -0.15) is 5.26 Å². The summed E-state index contributed by atoms with van der Waals surface area (Å²) in [5, 5.41) is 8.71. The lowest BCUT2D eigenvalue weighted by Crippen LogP contribution is -2.06. The molecule has 1 aromatic heterocycles. The number of esters is 1. The maximum absolute atomic E-state index is 11.3. The molecule has 4 heteroatoms. The fraction of sp³-hybridized carbons (Fsp3) is 0.0909. The summed E-state index contributed by atoms with van der Waals surface area (Å²) in [6.45, 7) is 3.47. The average molecular weight is 203 g/mol. The topological polar surface area (TPSA) is 63.2 Å². The molecule has 0 unspecified atom stereocenters. The van der Waals surface area contributed by atoms with E-state index in [1.807, 2.05) is 0 Å². The van der Waals surface area contributed by atoms with Crippen LogP contribution >= 0.6 is 0 Å². The monoisotopic (exact) mass is 203 g/mol. The van der Waals surface area contributed by atoms with E-state index in [2.05, 4.69) is 6.58 Å². The standard InChI is InChI=1S/C11H9NO3/c1-2-5-15-11(13)9(8-12)7-10-4-3-6-14-10/h2-4,6-7H,1,5H2/b9-7-. The molecule has 76 valence electrons. The summed E-state index contributed by atoms with van der Waals surface area (Å²) in [6.07, 6.45) is 4.21. The minimum atomic E-state index is -0.686. The Morgan fingerprint density at radius 3 is 3.07 bits per heavy atom. The molecule has 0 saturated carbocycles. The SMILES string of the molecule is C=CCOC(=O)/C(C#N)=C\c1ccco1. The zero-order valence-corrected chi connectivity index (χ0v) is 7.97. The molecule has 0 spiro atoms. The molecule has 0 N–H and O–H groups in total. The third-order valence-corrected chi connectivity index (χ3v) is 1.50. The van der Waals surface area contributed by atoms with Crippen LogP contribution in [0.3, 0.4) is 0 Å². The van der Waals surface area contributed by atoms with Crippen LogP contribution in [0.2, 0.25) is 0 Å². The van der Waals surface area contributed by atoms with E-state index in [0.717, 1.165) is 0 Å². The summed E-state index contributed by atoms with van der Waals surface area (Å²) in [6, 6.07) is 5.04. The number of hydrogen-bond donors (Lipinski definition) is 0. The maximum Gasteiger partial charge on any atom is 0.349 e. The number of ether oxygens (including phenoxy) is 1. The molecule has 0 atom stereocenters. The van der Waals surface area contributed by atoms with Crippen molar-refractivity contribution in [3.05, 3.63) is 42.4 Å². The largest absolute Gasteiger partial charge is 0.465 e. The van der Waals surface area contributed by atoms with Crippen molar-refractivity contribution in [2.75, 3.05) is 6.61 Å². The van der Waals surface area contributed by atoms with E-state index in [4.69, 9.17) is 14.4 Å². The lowest BCUT2D eigenvalue weighted by Gasteiger charge is -1.98. The zero-order chi connectivity index (χ0) is 11.1. The number of nitriles is 1. The molecule has 0 amide bonds. The quantitative estimate of drug-likeness (QED) is 0.324. The van der Waals surface area contributed by atoms with E-state index in [1.54, 1.807) is 18.2 Å². The van der Waals surface area contributed by atoms with Crippen LogP contribution in [0, 0.1) is 11.3 Å². The highest BCUT2D eigenvalue weighted by molar-refractivity contribution is 5.97. The van der Waals surface area contributed by atoms with Crippen LogP contribution in [0.25, 0.3) is 6.08 Å². The fourth-order valence-electron chi connectivity index (χ4n) is 0.865. The third-order valence-electron chi connectivity index (χ3n) is 1.50. The lowest BCUT2D eigenvalue weighted by atomic mass is 10.2. The van der Waals surface area contributed by atoms with Crippen LogP contribution in [0.15, 0.2) is 41.0 Å². The predicted octanol–water partition coefficient (Wildman–Crippen LogP) is 1.92. The first kappa shape index (κ1) is 10.8. The van der Waals surface area contributed by atoms with Crippen molar-refractivity contribution in [1.29, 1.82) is 5.26 Å². The molecule has 0 saturated heterocycles. The number of nitrogens with zero attached hydrogens (tertiary/aromatic N) is 1. The number of carbonyl (C=O) groups is 1. The summed E-state index contributed by atoms with van der Waals surface area (Å²) in [7, 11) is 0. The lowest BCUT2D eigenvalue weighted by molar-refractivity contribution is -0.137. The first-order valence-corrected chi connectivity index (χ1v) is 4.21. The minimum Gasteiger partial charge on any atom is -0.465 e. The van der Waals surface area contributed by atoms with Crippen LogP contribution in [-0.4, -0.2) is 12.6 Å². The van der Waals surface area contributed by atoms with Gasteiger partial charge in [0.15, 0.2) is 0 Å². The van der Waals surface area contributed by atoms with Crippen LogP contribution in [0.5, 0.6) is 0 Å². The number of hydrogen-bond acceptors (Lipinski definition) is 4. The van der Waals surface area contributed by atoms with Crippen molar-refractivity contribution in [1.82, 2.24) is 0 Å². The smallest absolute Gasteiger partial charge is 0.349 e. The molecule has 0 aliphatic carbocycles. The van der Waals surface area contributed by atoms with E-state index in [-0.39, 0.29) is 12.2 Å². The Labute approximate surface area is 87.1 Å². The van der Waals surface area contributed by atoms with Gasteiger partial charge in [0.1, 0.15) is 24.0 Å². The fourth-order valence-corrected chi connectivity index (χ4v) is 0.865. The molecule has 0 aliphatic rings. The van der Waals surface area contributed by atoms with Gasteiger partial charge in [-0.15, -0.1) is 0 Å². The second-order valence-corrected chi connectivity index (χ2v) is 2.57. The second-order valence-electron chi connectivity index (χ2n) is 2.57. The van der Waals surface area contributed by atoms with E-state index in [0.29, 0.717) is 5.76 Å². The van der Waals surface area contributed by atoms with Gasteiger partial charge in [-0.1, -0.05) is 12.7 Å². The van der Waals surface area contributed by atoms with Crippen LogP contribution in [0.1, 0.15) is 5.76 Å². The molecule has 1 aromatic rings. The Morgan fingerprint density at radius 2 is 2.53 bits per heavy atom. The molecule has 1 rings (SSSR count). The average Bonchev–Trinajstić information content (AvgIpc) is 2.75. The molecule has 0 fully saturated rings. The highest BCUT2D eigenvalue weighted by Crippen LogP contribution is 2.08. The van der Waals surface area contributed by atoms with Crippen LogP contribution in [0.4, 0.5) is 0 Å². The third kappa shape index (κ3) is 3.16. The number of carbonyl (C=O) groups excluding carboxylic acids is 1. The summed E-state index contributed by atoms with van der Waals surface area (Å²) in [5.41, 5.74) is -0.105. The molecular formula is C11H9NO3. The Bertz CT molecular complexity index is 410. The van der Waals surface area contributed by atoms with Crippen LogP contribution < -0.4 is 0 Å². The van der Waals surface area contributed by atoms with E-state index < -0.39 is 5.97 Å². The van der Waals surface area contributed by atoms with Gasteiger partial charge in [0.2, 0.25) is 0 Å². The predicted molar refractivity (Wildman–Crippen MR) is 53.5 cm³/mol. The molecule has 1 heterocycles. The Morgan fingerprint density at radius 1 is 1.73 bits per heavy atom. The van der Waals surface area contributed by atoms with Gasteiger partial charge in [0.05, 0.1) is 6.26 Å². The Kier molecular flexibility index (Phi) is 3.92. The zero-order valence-electron chi connectivity index (χ0n) is 7.97. The van der Waals surface area contributed by atoms with Crippen molar-refractivity contribution in [2.45, 2.75) is 0 Å². The van der Waals surface area contributed by atoms with E-state index in [1.165, 1.54) is 18.4 Å². The Hall–Kier alpha value is -2.28. The van der Waals surface area contributed by atoms with Crippen molar-refractivity contribution in [2.24, 2.45) is 0 Å². The van der Waals surface area contributed by atoms with Gasteiger partial charge in [-0.25, -0.2) is 4.79 Å². The minimum absolute atomic E-state index is 0.0794. The van der Waals surface area contributed by atoms with Gasteiger partial charge in [-0.05, 0) is 12.1 Å². The molecule has 0 radical (unpaired) electrons. The second kappa shape index (κ2) is 5.45. The maximum atomic E-state index is 11.3. The highest BCUT2D eigenvalue weighted by Gasteiger charge is 2.10. The van der Waals surface area contributed by atoms with Gasteiger partial charge >= 0.3 is 5.97 Å². The molecule has 0 aliphatic heterocycles. The molecule has 0 bridgehead atoms. The van der Waals surface area contributed by atoms with Gasteiger partial charge in [-0.3, -0.25) is 0 Å². The normalized spacial score (nSPS) is 10.5. The van der Waals surface area contributed by atoms with Crippen molar-refractivity contribution in [3.63, 3.8) is 0 Å². The number of rotatable bonds is 4. The van der Waals surface area contributed by atoms with Crippen molar-refractivity contribution < 1.29 is 13.9 Å². The molecule has 4 nitrogen and oxygen atoms in total. The first-order chi connectivity index (χ1) is 7.27. The van der Waals surface area contributed by atoms with Gasteiger partial charge in [0, 0.05) is 6.08 Å². The Balaban J connectivity index is 2.76. The summed E-state index contributed by atoms with van der Waals surface area (Å²) in [5.74, 6) is -0.254. The van der Waals surface area contributed by atoms with Crippen LogP contribution in [-0.2, 0) is 9.53 Å². The molecular weight excluding hydrogens is 194 g/mol. The van der Waals surface area contributed by atoms with E-state index >= 15 is 0 Å². The number of furan rings is 1.